The lowest BCUT2D eigenvalue weighted by Crippen LogP contribution is -2.28. The lowest BCUT2D eigenvalue weighted by molar-refractivity contribution is 0.0736. The first-order chi connectivity index (χ1) is 9.63. The van der Waals surface area contributed by atoms with Crippen LogP contribution in [0.2, 0.25) is 0 Å². The molecule has 0 radical (unpaired) electrons. The number of hydrogen-bond acceptors (Lipinski definition) is 5. The quantitative estimate of drug-likeness (QED) is 0.672. The van der Waals surface area contributed by atoms with Crippen LogP contribution in [0.3, 0.4) is 0 Å². The molecule has 0 aromatic heterocycles. The molecule has 1 aromatic carbocycles. The van der Waals surface area contributed by atoms with Crippen LogP contribution >= 0.6 is 0 Å². The number of methoxy groups -OCH3 is 1. The van der Waals surface area contributed by atoms with Gasteiger partial charge < -0.3 is 14.8 Å². The Morgan fingerprint density at radius 1 is 1.20 bits per heavy atom. The molecule has 1 aromatic rings. The third-order valence-corrected chi connectivity index (χ3v) is 4.55. The molecule has 0 atom stereocenters. The van der Waals surface area contributed by atoms with Gasteiger partial charge in [-0.25, -0.2) is 13.1 Å². The summed E-state index contributed by atoms with van der Waals surface area (Å²) in [7, 11) is -1.87. The topological polar surface area (TPSA) is 76.7 Å². The molecular weight excluding hydrogens is 280 g/mol. The second-order valence-corrected chi connectivity index (χ2v) is 6.30. The number of sulfonamides is 1. The lowest BCUT2D eigenvalue weighted by Gasteiger charge is -2.08. The Hall–Kier alpha value is -0.990. The van der Waals surface area contributed by atoms with Gasteiger partial charge in [-0.2, -0.15) is 0 Å². The van der Waals surface area contributed by atoms with Crippen molar-refractivity contribution in [3.63, 3.8) is 0 Å². The van der Waals surface area contributed by atoms with Gasteiger partial charge in [0.15, 0.2) is 0 Å². The fourth-order valence-electron chi connectivity index (χ4n) is 2.01. The van der Waals surface area contributed by atoms with E-state index in [1.807, 2.05) is 6.07 Å². The molecule has 2 rings (SSSR count). The predicted molar refractivity (Wildman–Crippen MR) is 74.9 cm³/mol. The molecule has 0 aliphatic carbocycles. The van der Waals surface area contributed by atoms with Gasteiger partial charge in [0.1, 0.15) is 0 Å². The normalized spacial score (nSPS) is 14.4. The maximum absolute atomic E-state index is 12.1. The zero-order chi connectivity index (χ0) is 14.4. The third-order valence-electron chi connectivity index (χ3n) is 3.09. The van der Waals surface area contributed by atoms with E-state index >= 15 is 0 Å². The van der Waals surface area contributed by atoms with Gasteiger partial charge in [-0.05, 0) is 23.3 Å². The Bertz CT molecular complexity index is 545. The van der Waals surface area contributed by atoms with E-state index in [9.17, 15) is 8.42 Å². The highest BCUT2D eigenvalue weighted by Gasteiger charge is 2.17. The lowest BCUT2D eigenvalue weighted by atomic mass is 10.1. The number of benzene rings is 1. The Morgan fingerprint density at radius 2 is 2.00 bits per heavy atom. The molecule has 1 heterocycles. The van der Waals surface area contributed by atoms with Crippen molar-refractivity contribution < 1.29 is 17.9 Å². The summed E-state index contributed by atoms with van der Waals surface area (Å²) in [4.78, 5) is 0.303. The molecule has 112 valence electrons. The molecule has 0 spiro atoms. The molecule has 0 amide bonds. The zero-order valence-corrected chi connectivity index (χ0v) is 12.3. The van der Waals surface area contributed by atoms with Crippen molar-refractivity contribution in [1.29, 1.82) is 0 Å². The Kier molecular flexibility index (Phi) is 5.50. The Morgan fingerprint density at radius 3 is 2.80 bits per heavy atom. The van der Waals surface area contributed by atoms with Crippen molar-refractivity contribution in [1.82, 2.24) is 10.0 Å². The second-order valence-electron chi connectivity index (χ2n) is 4.54. The summed E-state index contributed by atoms with van der Waals surface area (Å²) >= 11 is 0. The van der Waals surface area contributed by atoms with Crippen molar-refractivity contribution in [2.45, 2.75) is 18.0 Å². The van der Waals surface area contributed by atoms with Gasteiger partial charge in [-0.3, -0.25) is 0 Å². The molecule has 7 heteroatoms. The van der Waals surface area contributed by atoms with Crippen LogP contribution in [0.5, 0.6) is 0 Å². The molecule has 1 aliphatic heterocycles. The van der Waals surface area contributed by atoms with E-state index in [1.54, 1.807) is 19.2 Å². The minimum atomic E-state index is -3.46. The summed E-state index contributed by atoms with van der Waals surface area (Å²) in [5.74, 6) is 0. The second kappa shape index (κ2) is 7.14. The third kappa shape index (κ3) is 4.00. The summed E-state index contributed by atoms with van der Waals surface area (Å²) < 4.78 is 36.8. The SMILES string of the molecule is COCCOCCNS(=O)(=O)c1ccc2c(c1)CNC2. The van der Waals surface area contributed by atoms with Crippen molar-refractivity contribution >= 4 is 10.0 Å². The summed E-state index contributed by atoms with van der Waals surface area (Å²) in [5, 5.41) is 3.19. The minimum Gasteiger partial charge on any atom is -0.382 e. The van der Waals surface area contributed by atoms with Crippen LogP contribution in [0, 0.1) is 0 Å². The number of ether oxygens (including phenoxy) is 2. The van der Waals surface area contributed by atoms with E-state index < -0.39 is 10.0 Å². The smallest absolute Gasteiger partial charge is 0.240 e. The van der Waals surface area contributed by atoms with E-state index in [0.29, 0.717) is 24.7 Å². The fraction of sp³-hybridized carbons (Fsp3) is 0.538. The summed E-state index contributed by atoms with van der Waals surface area (Å²) in [6.45, 7) is 3.07. The van der Waals surface area contributed by atoms with Crippen LogP contribution in [0.4, 0.5) is 0 Å². The molecule has 0 unspecified atom stereocenters. The van der Waals surface area contributed by atoms with Crippen LogP contribution in [-0.2, 0) is 32.6 Å². The van der Waals surface area contributed by atoms with Gasteiger partial charge in [0, 0.05) is 26.7 Å². The first kappa shape index (κ1) is 15.4. The van der Waals surface area contributed by atoms with Crippen LogP contribution in [-0.4, -0.2) is 41.9 Å². The largest absolute Gasteiger partial charge is 0.382 e. The van der Waals surface area contributed by atoms with Gasteiger partial charge in [-0.15, -0.1) is 0 Å². The molecule has 0 fully saturated rings. The van der Waals surface area contributed by atoms with E-state index in [0.717, 1.165) is 24.2 Å². The summed E-state index contributed by atoms with van der Waals surface area (Å²) in [6, 6.07) is 5.22. The maximum Gasteiger partial charge on any atom is 0.240 e. The average Bonchev–Trinajstić information content (AvgIpc) is 2.90. The number of hydrogen-bond donors (Lipinski definition) is 2. The number of nitrogens with one attached hydrogen (secondary N) is 2. The van der Waals surface area contributed by atoms with Crippen molar-refractivity contribution in [2.24, 2.45) is 0 Å². The molecule has 20 heavy (non-hydrogen) atoms. The highest BCUT2D eigenvalue weighted by Crippen LogP contribution is 2.19. The van der Waals surface area contributed by atoms with Gasteiger partial charge >= 0.3 is 0 Å². The molecule has 1 aliphatic rings. The van der Waals surface area contributed by atoms with Crippen LogP contribution in [0.15, 0.2) is 23.1 Å². The average molecular weight is 300 g/mol. The van der Waals surface area contributed by atoms with Gasteiger partial charge in [0.2, 0.25) is 10.0 Å². The molecule has 6 nitrogen and oxygen atoms in total. The number of rotatable bonds is 8. The fourth-order valence-corrected chi connectivity index (χ4v) is 3.08. The van der Waals surface area contributed by atoms with E-state index in [-0.39, 0.29) is 6.54 Å². The summed E-state index contributed by atoms with van der Waals surface area (Å²) in [5.41, 5.74) is 2.20. The Labute approximate surface area is 119 Å². The van der Waals surface area contributed by atoms with Crippen LogP contribution < -0.4 is 10.0 Å². The zero-order valence-electron chi connectivity index (χ0n) is 11.5. The van der Waals surface area contributed by atoms with E-state index in [2.05, 4.69) is 10.0 Å². The van der Waals surface area contributed by atoms with Crippen molar-refractivity contribution in [2.75, 3.05) is 33.5 Å². The van der Waals surface area contributed by atoms with Gasteiger partial charge in [-0.1, -0.05) is 6.07 Å². The highest BCUT2D eigenvalue weighted by molar-refractivity contribution is 7.89. The molecule has 0 bridgehead atoms. The van der Waals surface area contributed by atoms with Crippen molar-refractivity contribution in [3.8, 4) is 0 Å². The van der Waals surface area contributed by atoms with E-state index in [4.69, 9.17) is 9.47 Å². The van der Waals surface area contributed by atoms with Crippen LogP contribution in [0.25, 0.3) is 0 Å². The van der Waals surface area contributed by atoms with Crippen molar-refractivity contribution in [3.05, 3.63) is 29.3 Å². The molecular formula is C13H20N2O4S. The molecule has 0 saturated heterocycles. The number of fused-ring (bicyclic) bond motifs is 1. The van der Waals surface area contributed by atoms with E-state index in [1.165, 1.54) is 0 Å². The summed E-state index contributed by atoms with van der Waals surface area (Å²) in [6.07, 6.45) is 0. The highest BCUT2D eigenvalue weighted by atomic mass is 32.2. The monoisotopic (exact) mass is 300 g/mol. The standard InChI is InChI=1S/C13H20N2O4S/c1-18-6-7-19-5-4-15-20(16,17)13-3-2-11-9-14-10-12(11)8-13/h2-3,8,14-15H,4-7,9-10H2,1H3. The van der Waals surface area contributed by atoms with Gasteiger partial charge in [0.05, 0.1) is 24.7 Å². The van der Waals surface area contributed by atoms with Crippen LogP contribution in [0.1, 0.15) is 11.1 Å². The van der Waals surface area contributed by atoms with Gasteiger partial charge in [0.25, 0.3) is 0 Å². The minimum absolute atomic E-state index is 0.251. The first-order valence-electron chi connectivity index (χ1n) is 6.52. The predicted octanol–water partition coefficient (Wildman–Crippen LogP) is 0.231. The maximum atomic E-state index is 12.1. The molecule has 0 saturated carbocycles. The Balaban J connectivity index is 1.87. The molecule has 2 N–H and O–H groups in total. The first-order valence-corrected chi connectivity index (χ1v) is 8.00.